The molecule has 0 bridgehead atoms. The van der Waals surface area contributed by atoms with Gasteiger partial charge in [-0.15, -0.1) is 0 Å². The Balaban J connectivity index is 1.99. The molecule has 2 aromatic carbocycles. The zero-order chi connectivity index (χ0) is 14.4. The molecule has 0 aromatic heterocycles. The number of aliphatic hydroxyl groups is 1. The molecule has 104 valence electrons. The average molecular weight is 381 g/mol. The Morgan fingerprint density at radius 3 is 2.35 bits per heavy atom. The summed E-state index contributed by atoms with van der Waals surface area (Å²) in [6, 6.07) is 16.9. The highest BCUT2D eigenvalue weighted by Gasteiger charge is 2.13. The lowest BCUT2D eigenvalue weighted by Crippen LogP contribution is -2.39. The molecular formula is C16H16INO2. The summed E-state index contributed by atoms with van der Waals surface area (Å²) in [7, 11) is 0. The van der Waals surface area contributed by atoms with Gasteiger partial charge in [-0.25, -0.2) is 0 Å². The molecule has 0 saturated carbocycles. The number of halogens is 1. The second-order valence-corrected chi connectivity index (χ2v) is 5.80. The third-order valence-corrected chi connectivity index (χ3v) is 3.71. The van der Waals surface area contributed by atoms with Crippen LogP contribution in [-0.2, 0) is 6.42 Å². The number of nitrogens with one attached hydrogen (secondary N) is 1. The highest BCUT2D eigenvalue weighted by atomic mass is 127. The molecule has 0 aliphatic rings. The van der Waals surface area contributed by atoms with Crippen LogP contribution < -0.4 is 5.32 Å². The molecular weight excluding hydrogens is 365 g/mol. The minimum atomic E-state index is -0.274. The molecule has 1 unspecified atom stereocenters. The lowest BCUT2D eigenvalue weighted by molar-refractivity contribution is 0.0916. The van der Waals surface area contributed by atoms with Gasteiger partial charge in [0.2, 0.25) is 0 Å². The predicted molar refractivity (Wildman–Crippen MR) is 87.6 cm³/mol. The van der Waals surface area contributed by atoms with Gasteiger partial charge in [0.15, 0.2) is 0 Å². The summed E-state index contributed by atoms with van der Waals surface area (Å²) < 4.78 is 1.09. The minimum Gasteiger partial charge on any atom is -0.394 e. The molecule has 1 amide bonds. The van der Waals surface area contributed by atoms with Crippen molar-refractivity contribution in [2.45, 2.75) is 12.5 Å². The van der Waals surface area contributed by atoms with Gasteiger partial charge in [0, 0.05) is 9.13 Å². The van der Waals surface area contributed by atoms with Gasteiger partial charge in [0.25, 0.3) is 5.91 Å². The van der Waals surface area contributed by atoms with E-state index >= 15 is 0 Å². The molecule has 0 aliphatic carbocycles. The molecule has 2 aromatic rings. The van der Waals surface area contributed by atoms with Crippen LogP contribution >= 0.6 is 22.6 Å². The molecule has 0 fully saturated rings. The van der Waals surface area contributed by atoms with Crippen molar-refractivity contribution in [2.75, 3.05) is 6.61 Å². The maximum absolute atomic E-state index is 12.1. The second kappa shape index (κ2) is 7.40. The number of carbonyl (C=O) groups excluding carboxylic acids is 1. The van der Waals surface area contributed by atoms with Gasteiger partial charge < -0.3 is 10.4 Å². The van der Waals surface area contributed by atoms with Gasteiger partial charge in [-0.2, -0.15) is 0 Å². The number of carbonyl (C=O) groups is 1. The van der Waals surface area contributed by atoms with Gasteiger partial charge in [-0.1, -0.05) is 30.3 Å². The van der Waals surface area contributed by atoms with E-state index in [4.69, 9.17) is 0 Å². The van der Waals surface area contributed by atoms with Crippen molar-refractivity contribution in [1.82, 2.24) is 5.32 Å². The first-order valence-corrected chi connectivity index (χ1v) is 7.48. The van der Waals surface area contributed by atoms with Crippen molar-refractivity contribution in [3.8, 4) is 0 Å². The Kier molecular flexibility index (Phi) is 5.55. The highest BCUT2D eigenvalue weighted by Crippen LogP contribution is 2.08. The Morgan fingerprint density at radius 2 is 1.75 bits per heavy atom. The quantitative estimate of drug-likeness (QED) is 0.783. The summed E-state index contributed by atoms with van der Waals surface area (Å²) >= 11 is 2.20. The number of benzene rings is 2. The van der Waals surface area contributed by atoms with Crippen molar-refractivity contribution in [3.63, 3.8) is 0 Å². The normalized spacial score (nSPS) is 11.9. The average Bonchev–Trinajstić information content (AvgIpc) is 2.48. The van der Waals surface area contributed by atoms with Gasteiger partial charge in [0.05, 0.1) is 12.6 Å². The Bertz CT molecular complexity index is 554. The van der Waals surface area contributed by atoms with E-state index in [0.29, 0.717) is 12.0 Å². The SMILES string of the molecule is O=C(NC(CO)Cc1ccccc1)c1ccc(I)cc1. The largest absolute Gasteiger partial charge is 0.394 e. The van der Waals surface area contributed by atoms with Crippen molar-refractivity contribution < 1.29 is 9.90 Å². The van der Waals surface area contributed by atoms with E-state index in [1.807, 2.05) is 42.5 Å². The number of hydrogen-bond donors (Lipinski definition) is 2. The highest BCUT2D eigenvalue weighted by molar-refractivity contribution is 14.1. The Hall–Kier alpha value is -1.40. The molecule has 20 heavy (non-hydrogen) atoms. The fourth-order valence-corrected chi connectivity index (χ4v) is 2.29. The lowest BCUT2D eigenvalue weighted by Gasteiger charge is -2.16. The third-order valence-electron chi connectivity index (χ3n) is 2.99. The number of rotatable bonds is 5. The van der Waals surface area contributed by atoms with E-state index in [-0.39, 0.29) is 18.6 Å². The first kappa shape index (κ1) is 15.0. The van der Waals surface area contributed by atoms with Crippen LogP contribution in [0.3, 0.4) is 0 Å². The van der Waals surface area contributed by atoms with Crippen molar-refractivity contribution >= 4 is 28.5 Å². The zero-order valence-corrected chi connectivity index (χ0v) is 13.1. The van der Waals surface area contributed by atoms with Crippen LogP contribution in [0.5, 0.6) is 0 Å². The van der Waals surface area contributed by atoms with Crippen LogP contribution in [0.1, 0.15) is 15.9 Å². The second-order valence-electron chi connectivity index (χ2n) is 4.55. The molecule has 0 radical (unpaired) electrons. The van der Waals surface area contributed by atoms with E-state index in [1.165, 1.54) is 0 Å². The molecule has 1 atom stereocenters. The molecule has 0 spiro atoms. The first-order chi connectivity index (χ1) is 9.69. The third kappa shape index (κ3) is 4.31. The van der Waals surface area contributed by atoms with Gasteiger partial charge in [-0.3, -0.25) is 4.79 Å². The molecule has 0 heterocycles. The monoisotopic (exact) mass is 381 g/mol. The van der Waals surface area contributed by atoms with E-state index in [2.05, 4.69) is 27.9 Å². The van der Waals surface area contributed by atoms with Crippen LogP contribution in [0.25, 0.3) is 0 Å². The van der Waals surface area contributed by atoms with Crippen LogP contribution in [0, 0.1) is 3.57 Å². The van der Waals surface area contributed by atoms with E-state index in [1.54, 1.807) is 12.1 Å². The van der Waals surface area contributed by atoms with Crippen molar-refractivity contribution in [1.29, 1.82) is 0 Å². The minimum absolute atomic E-state index is 0.0784. The van der Waals surface area contributed by atoms with Crippen molar-refractivity contribution in [2.24, 2.45) is 0 Å². The maximum atomic E-state index is 12.1. The fraction of sp³-hybridized carbons (Fsp3) is 0.188. The summed E-state index contributed by atoms with van der Waals surface area (Å²) in [5, 5.41) is 12.3. The van der Waals surface area contributed by atoms with Gasteiger partial charge in [0.1, 0.15) is 0 Å². The van der Waals surface area contributed by atoms with Crippen LogP contribution in [-0.4, -0.2) is 23.7 Å². The molecule has 4 heteroatoms. The standard InChI is InChI=1S/C16H16INO2/c17-14-8-6-13(7-9-14)16(20)18-15(11-19)10-12-4-2-1-3-5-12/h1-9,15,19H,10-11H2,(H,18,20). The van der Waals surface area contributed by atoms with Gasteiger partial charge in [-0.05, 0) is 58.8 Å². The zero-order valence-electron chi connectivity index (χ0n) is 10.9. The van der Waals surface area contributed by atoms with Crippen molar-refractivity contribution in [3.05, 3.63) is 69.3 Å². The Morgan fingerprint density at radius 1 is 1.10 bits per heavy atom. The molecule has 0 aliphatic heterocycles. The smallest absolute Gasteiger partial charge is 0.251 e. The van der Waals surface area contributed by atoms with E-state index < -0.39 is 0 Å². The molecule has 3 nitrogen and oxygen atoms in total. The number of amides is 1. The molecule has 2 rings (SSSR count). The summed E-state index contributed by atoms with van der Waals surface area (Å²) in [4.78, 5) is 12.1. The predicted octanol–water partition coefficient (Wildman–Crippen LogP) is 2.62. The molecule has 2 N–H and O–H groups in total. The van der Waals surface area contributed by atoms with Crippen LogP contribution in [0.4, 0.5) is 0 Å². The number of aliphatic hydroxyl groups excluding tert-OH is 1. The lowest BCUT2D eigenvalue weighted by atomic mass is 10.1. The van der Waals surface area contributed by atoms with E-state index in [0.717, 1.165) is 9.13 Å². The fourth-order valence-electron chi connectivity index (χ4n) is 1.93. The first-order valence-electron chi connectivity index (χ1n) is 6.40. The summed E-state index contributed by atoms with van der Waals surface area (Å²) in [6.45, 7) is -0.0784. The number of hydrogen-bond acceptors (Lipinski definition) is 2. The topological polar surface area (TPSA) is 49.3 Å². The van der Waals surface area contributed by atoms with Crippen LogP contribution in [0.2, 0.25) is 0 Å². The summed E-state index contributed by atoms with van der Waals surface area (Å²) in [6.07, 6.45) is 0.619. The summed E-state index contributed by atoms with van der Waals surface area (Å²) in [5.74, 6) is -0.156. The Labute approximate surface area is 132 Å². The summed E-state index contributed by atoms with van der Waals surface area (Å²) in [5.41, 5.74) is 1.70. The van der Waals surface area contributed by atoms with E-state index in [9.17, 15) is 9.90 Å². The maximum Gasteiger partial charge on any atom is 0.251 e. The molecule has 0 saturated heterocycles. The van der Waals surface area contributed by atoms with Gasteiger partial charge >= 0.3 is 0 Å². The van der Waals surface area contributed by atoms with Crippen LogP contribution in [0.15, 0.2) is 54.6 Å².